The third-order valence-electron chi connectivity index (χ3n) is 4.67. The van der Waals surface area contributed by atoms with Gasteiger partial charge in [-0.15, -0.1) is 0 Å². The number of amides is 2. The van der Waals surface area contributed by atoms with Crippen LogP contribution in [0.15, 0.2) is 24.3 Å². The van der Waals surface area contributed by atoms with Crippen LogP contribution >= 0.6 is 0 Å². The standard InChI is InChI=1S/C19H23N3O3/c1-13-17(11-15-5-6-16(25-3)12-18(15)20-13)19(24)22-8-4-7-21(9-10-22)14(2)23/h5-6,11-12H,4,7-10H2,1-3H3. The molecule has 6 nitrogen and oxygen atoms in total. The Labute approximate surface area is 147 Å². The molecule has 0 atom stereocenters. The average molecular weight is 341 g/mol. The molecule has 0 radical (unpaired) electrons. The molecule has 1 aliphatic rings. The van der Waals surface area contributed by atoms with Crippen molar-refractivity contribution in [3.8, 4) is 5.75 Å². The number of carbonyl (C=O) groups is 2. The first-order chi connectivity index (χ1) is 12.0. The Hall–Kier alpha value is -2.63. The van der Waals surface area contributed by atoms with Crippen LogP contribution in [0, 0.1) is 6.92 Å². The number of ether oxygens (including phenoxy) is 1. The largest absolute Gasteiger partial charge is 0.497 e. The first-order valence-electron chi connectivity index (χ1n) is 8.50. The van der Waals surface area contributed by atoms with E-state index in [1.165, 1.54) is 0 Å². The second-order valence-corrected chi connectivity index (χ2v) is 6.33. The molecule has 2 aromatic rings. The van der Waals surface area contributed by atoms with Gasteiger partial charge in [0.1, 0.15) is 5.75 Å². The van der Waals surface area contributed by atoms with E-state index in [1.807, 2.05) is 36.1 Å². The number of carbonyl (C=O) groups excluding carboxylic acids is 2. The van der Waals surface area contributed by atoms with Crippen molar-refractivity contribution in [1.29, 1.82) is 0 Å². The van der Waals surface area contributed by atoms with Crippen molar-refractivity contribution in [2.45, 2.75) is 20.3 Å². The molecular formula is C19H23N3O3. The summed E-state index contributed by atoms with van der Waals surface area (Å²) in [5.74, 6) is 0.787. The van der Waals surface area contributed by atoms with Gasteiger partial charge in [-0.3, -0.25) is 14.6 Å². The van der Waals surface area contributed by atoms with Gasteiger partial charge in [-0.05, 0) is 31.5 Å². The molecule has 1 aromatic carbocycles. The smallest absolute Gasteiger partial charge is 0.255 e. The second-order valence-electron chi connectivity index (χ2n) is 6.33. The van der Waals surface area contributed by atoms with Gasteiger partial charge in [-0.2, -0.15) is 0 Å². The molecule has 132 valence electrons. The minimum Gasteiger partial charge on any atom is -0.497 e. The number of hydrogen-bond acceptors (Lipinski definition) is 4. The molecule has 25 heavy (non-hydrogen) atoms. The molecule has 2 heterocycles. The summed E-state index contributed by atoms with van der Waals surface area (Å²) in [4.78, 5) is 32.7. The van der Waals surface area contributed by atoms with E-state index in [0.717, 1.165) is 23.1 Å². The molecule has 3 rings (SSSR count). The van der Waals surface area contributed by atoms with Gasteiger partial charge in [0.05, 0.1) is 23.9 Å². The lowest BCUT2D eigenvalue weighted by Crippen LogP contribution is -2.36. The van der Waals surface area contributed by atoms with Crippen LogP contribution in [-0.2, 0) is 4.79 Å². The van der Waals surface area contributed by atoms with Gasteiger partial charge >= 0.3 is 0 Å². The van der Waals surface area contributed by atoms with Crippen molar-refractivity contribution >= 4 is 22.7 Å². The number of aromatic nitrogens is 1. The summed E-state index contributed by atoms with van der Waals surface area (Å²) in [6, 6.07) is 7.54. The quantitative estimate of drug-likeness (QED) is 0.840. The lowest BCUT2D eigenvalue weighted by atomic mass is 10.1. The van der Waals surface area contributed by atoms with Gasteiger partial charge < -0.3 is 14.5 Å². The molecule has 1 fully saturated rings. The van der Waals surface area contributed by atoms with Crippen LogP contribution in [0.2, 0.25) is 0 Å². The van der Waals surface area contributed by atoms with Crippen molar-refractivity contribution in [3.05, 3.63) is 35.5 Å². The number of hydrogen-bond donors (Lipinski definition) is 0. The molecule has 0 saturated carbocycles. The van der Waals surface area contributed by atoms with E-state index in [2.05, 4.69) is 4.98 Å². The Morgan fingerprint density at radius 3 is 2.52 bits per heavy atom. The number of fused-ring (bicyclic) bond motifs is 1. The second kappa shape index (κ2) is 7.09. The van der Waals surface area contributed by atoms with Crippen LogP contribution in [0.3, 0.4) is 0 Å². The summed E-state index contributed by atoms with van der Waals surface area (Å²) in [5, 5.41) is 0.912. The lowest BCUT2D eigenvalue weighted by molar-refractivity contribution is -0.128. The number of benzene rings is 1. The van der Waals surface area contributed by atoms with E-state index >= 15 is 0 Å². The predicted octanol–water partition coefficient (Wildman–Crippen LogP) is 2.25. The highest BCUT2D eigenvalue weighted by Crippen LogP contribution is 2.23. The van der Waals surface area contributed by atoms with E-state index in [-0.39, 0.29) is 11.8 Å². The number of methoxy groups -OCH3 is 1. The number of pyridine rings is 1. The van der Waals surface area contributed by atoms with E-state index in [1.54, 1.807) is 18.9 Å². The number of nitrogens with zero attached hydrogens (tertiary/aromatic N) is 3. The maximum absolute atomic E-state index is 13.0. The zero-order valence-electron chi connectivity index (χ0n) is 14.9. The highest BCUT2D eigenvalue weighted by atomic mass is 16.5. The minimum absolute atomic E-state index is 0.0203. The van der Waals surface area contributed by atoms with Gasteiger partial charge in [0.25, 0.3) is 5.91 Å². The van der Waals surface area contributed by atoms with Crippen molar-refractivity contribution in [1.82, 2.24) is 14.8 Å². The van der Waals surface area contributed by atoms with E-state index < -0.39 is 0 Å². The molecule has 0 aliphatic carbocycles. The first-order valence-corrected chi connectivity index (χ1v) is 8.50. The van der Waals surface area contributed by atoms with Gasteiger partial charge in [0.2, 0.25) is 5.91 Å². The summed E-state index contributed by atoms with van der Waals surface area (Å²) in [7, 11) is 1.62. The van der Waals surface area contributed by atoms with Gasteiger partial charge in [-0.1, -0.05) is 0 Å². The van der Waals surface area contributed by atoms with E-state index in [4.69, 9.17) is 4.74 Å². The van der Waals surface area contributed by atoms with E-state index in [9.17, 15) is 9.59 Å². The van der Waals surface area contributed by atoms with E-state index in [0.29, 0.717) is 37.4 Å². The van der Waals surface area contributed by atoms with Crippen LogP contribution in [0.25, 0.3) is 10.9 Å². The summed E-state index contributed by atoms with van der Waals surface area (Å²) >= 11 is 0. The van der Waals surface area contributed by atoms with Gasteiger partial charge in [0.15, 0.2) is 0 Å². The summed E-state index contributed by atoms with van der Waals surface area (Å²) < 4.78 is 5.23. The van der Waals surface area contributed by atoms with Crippen LogP contribution in [-0.4, -0.2) is 59.9 Å². The Kier molecular flexibility index (Phi) is 4.88. The number of aryl methyl sites for hydroxylation is 1. The van der Waals surface area contributed by atoms with Gasteiger partial charge in [-0.25, -0.2) is 0 Å². The monoisotopic (exact) mass is 341 g/mol. The Balaban J connectivity index is 1.86. The maximum atomic E-state index is 13.0. The fourth-order valence-corrected chi connectivity index (χ4v) is 3.19. The molecule has 0 unspecified atom stereocenters. The molecule has 1 aliphatic heterocycles. The van der Waals surface area contributed by atoms with Crippen molar-refractivity contribution < 1.29 is 14.3 Å². The third-order valence-corrected chi connectivity index (χ3v) is 4.67. The fraction of sp³-hybridized carbons (Fsp3) is 0.421. The van der Waals surface area contributed by atoms with Crippen molar-refractivity contribution in [2.75, 3.05) is 33.3 Å². The Bertz CT molecular complexity index is 819. The highest BCUT2D eigenvalue weighted by Gasteiger charge is 2.23. The molecule has 0 spiro atoms. The third kappa shape index (κ3) is 3.57. The molecule has 0 bridgehead atoms. The summed E-state index contributed by atoms with van der Waals surface area (Å²) in [6.07, 6.45) is 0.794. The Morgan fingerprint density at radius 1 is 1.08 bits per heavy atom. The van der Waals surface area contributed by atoms with Gasteiger partial charge in [0, 0.05) is 44.6 Å². The average Bonchev–Trinajstić information content (AvgIpc) is 2.86. The molecule has 6 heteroatoms. The summed E-state index contributed by atoms with van der Waals surface area (Å²) in [6.45, 7) is 5.92. The van der Waals surface area contributed by atoms with Crippen LogP contribution in [0.1, 0.15) is 29.4 Å². The number of rotatable bonds is 2. The van der Waals surface area contributed by atoms with Crippen LogP contribution in [0.5, 0.6) is 5.75 Å². The fourth-order valence-electron chi connectivity index (χ4n) is 3.19. The minimum atomic E-state index is -0.0203. The topological polar surface area (TPSA) is 62.7 Å². The normalized spacial score (nSPS) is 15.2. The molecular weight excluding hydrogens is 318 g/mol. The molecule has 1 saturated heterocycles. The van der Waals surface area contributed by atoms with Crippen molar-refractivity contribution in [2.24, 2.45) is 0 Å². The van der Waals surface area contributed by atoms with Crippen LogP contribution < -0.4 is 4.74 Å². The molecule has 1 aromatic heterocycles. The van der Waals surface area contributed by atoms with Crippen LogP contribution in [0.4, 0.5) is 0 Å². The molecule has 0 N–H and O–H groups in total. The maximum Gasteiger partial charge on any atom is 0.255 e. The predicted molar refractivity (Wildman–Crippen MR) is 95.8 cm³/mol. The SMILES string of the molecule is COc1ccc2cc(C(=O)N3CCCN(C(C)=O)CC3)c(C)nc2c1. The van der Waals surface area contributed by atoms with Crippen molar-refractivity contribution in [3.63, 3.8) is 0 Å². The molecule has 2 amide bonds. The zero-order chi connectivity index (χ0) is 18.0. The summed E-state index contributed by atoms with van der Waals surface area (Å²) in [5.41, 5.74) is 2.14. The zero-order valence-corrected chi connectivity index (χ0v) is 14.9. The highest BCUT2D eigenvalue weighted by molar-refractivity contribution is 5.98. The Morgan fingerprint density at radius 2 is 1.80 bits per heavy atom. The first kappa shape index (κ1) is 17.2. The lowest BCUT2D eigenvalue weighted by Gasteiger charge is -2.22.